The number of nitrogens with one attached hydrogen (secondary N) is 3. The standard InChI is InChI=1S/C22H23ClN4O4S/c1-13-19(20(28)24-11-10-14-4-9-17(30-2)18(12-14)31-3)32-22(25-13)27-21(29)26-16-7-5-15(23)6-8-16/h4-9,12H,10-11H2,1-3H3,(H,24,28)(H2,25,26,27,29). The molecule has 3 N–H and O–H groups in total. The zero-order chi connectivity index (χ0) is 23.1. The van der Waals surface area contributed by atoms with E-state index in [9.17, 15) is 9.59 Å². The van der Waals surface area contributed by atoms with Gasteiger partial charge in [-0.15, -0.1) is 0 Å². The van der Waals surface area contributed by atoms with Gasteiger partial charge < -0.3 is 20.1 Å². The van der Waals surface area contributed by atoms with E-state index in [0.29, 0.717) is 50.9 Å². The van der Waals surface area contributed by atoms with E-state index in [4.69, 9.17) is 21.1 Å². The molecule has 0 aliphatic carbocycles. The van der Waals surface area contributed by atoms with E-state index in [2.05, 4.69) is 20.9 Å². The third-order valence-electron chi connectivity index (χ3n) is 4.47. The number of carbonyl (C=O) groups is 2. The van der Waals surface area contributed by atoms with Gasteiger partial charge >= 0.3 is 6.03 Å². The quantitative estimate of drug-likeness (QED) is 0.437. The maximum absolute atomic E-state index is 12.6. The van der Waals surface area contributed by atoms with Gasteiger partial charge in [0.05, 0.1) is 19.9 Å². The van der Waals surface area contributed by atoms with E-state index in [1.807, 2.05) is 18.2 Å². The molecule has 168 valence electrons. The summed E-state index contributed by atoms with van der Waals surface area (Å²) >= 11 is 6.95. The monoisotopic (exact) mass is 474 g/mol. The first-order valence-electron chi connectivity index (χ1n) is 9.69. The second-order valence-corrected chi connectivity index (χ2v) is 8.15. The summed E-state index contributed by atoms with van der Waals surface area (Å²) in [6.45, 7) is 2.16. The lowest BCUT2D eigenvalue weighted by molar-refractivity contribution is 0.0957. The molecule has 0 saturated heterocycles. The van der Waals surface area contributed by atoms with Crippen LogP contribution in [0, 0.1) is 6.92 Å². The number of aromatic nitrogens is 1. The van der Waals surface area contributed by atoms with Crippen LogP contribution in [-0.4, -0.2) is 37.7 Å². The lowest BCUT2D eigenvalue weighted by atomic mass is 10.1. The van der Waals surface area contributed by atoms with Crippen LogP contribution in [0.5, 0.6) is 11.5 Å². The van der Waals surface area contributed by atoms with Gasteiger partial charge in [-0.2, -0.15) is 0 Å². The predicted octanol–water partition coefficient (Wildman–Crippen LogP) is 4.74. The van der Waals surface area contributed by atoms with Gasteiger partial charge in [0.2, 0.25) is 0 Å². The van der Waals surface area contributed by atoms with Gasteiger partial charge in [0.25, 0.3) is 5.91 Å². The fourth-order valence-electron chi connectivity index (χ4n) is 2.89. The zero-order valence-corrected chi connectivity index (χ0v) is 19.4. The summed E-state index contributed by atoms with van der Waals surface area (Å²) in [6.07, 6.45) is 0.624. The molecule has 0 saturated carbocycles. The molecule has 8 nitrogen and oxygen atoms in total. The number of carbonyl (C=O) groups excluding carboxylic acids is 2. The number of anilines is 2. The minimum atomic E-state index is -0.457. The van der Waals surface area contributed by atoms with E-state index in [1.165, 1.54) is 0 Å². The SMILES string of the molecule is COc1ccc(CCNC(=O)c2sc(NC(=O)Nc3ccc(Cl)cc3)nc2C)cc1OC. The third kappa shape index (κ3) is 6.12. The Kier molecular flexibility index (Phi) is 7.91. The smallest absolute Gasteiger partial charge is 0.325 e. The normalized spacial score (nSPS) is 10.4. The molecular formula is C22H23ClN4O4S. The summed E-state index contributed by atoms with van der Waals surface area (Å²) < 4.78 is 10.5. The van der Waals surface area contributed by atoms with Crippen molar-refractivity contribution in [3.63, 3.8) is 0 Å². The molecule has 0 radical (unpaired) electrons. The third-order valence-corrected chi connectivity index (χ3v) is 5.80. The Hall–Kier alpha value is -3.30. The van der Waals surface area contributed by atoms with Gasteiger partial charge in [0.15, 0.2) is 16.6 Å². The van der Waals surface area contributed by atoms with Crippen LogP contribution in [0.15, 0.2) is 42.5 Å². The van der Waals surface area contributed by atoms with Crippen LogP contribution in [0.4, 0.5) is 15.6 Å². The number of methoxy groups -OCH3 is 2. The molecule has 0 bridgehead atoms. The van der Waals surface area contributed by atoms with Gasteiger partial charge in [0, 0.05) is 17.3 Å². The molecule has 0 atom stereocenters. The molecule has 3 amide bonds. The number of aryl methyl sites for hydroxylation is 1. The summed E-state index contributed by atoms with van der Waals surface area (Å²) in [6, 6.07) is 11.9. The van der Waals surface area contributed by atoms with Crippen LogP contribution in [0.2, 0.25) is 5.02 Å². The second kappa shape index (κ2) is 10.8. The summed E-state index contributed by atoms with van der Waals surface area (Å²) in [4.78, 5) is 29.5. The topological polar surface area (TPSA) is 102 Å². The maximum Gasteiger partial charge on any atom is 0.325 e. The first kappa shape index (κ1) is 23.4. The first-order valence-corrected chi connectivity index (χ1v) is 10.9. The van der Waals surface area contributed by atoms with Crippen molar-refractivity contribution in [1.82, 2.24) is 10.3 Å². The van der Waals surface area contributed by atoms with Crippen molar-refractivity contribution in [2.24, 2.45) is 0 Å². The highest BCUT2D eigenvalue weighted by atomic mass is 35.5. The van der Waals surface area contributed by atoms with Crippen LogP contribution in [0.1, 0.15) is 20.9 Å². The number of nitrogens with zero attached hydrogens (tertiary/aromatic N) is 1. The van der Waals surface area contributed by atoms with Crippen molar-refractivity contribution >= 4 is 45.7 Å². The van der Waals surface area contributed by atoms with Crippen molar-refractivity contribution in [3.05, 3.63) is 63.6 Å². The summed E-state index contributed by atoms with van der Waals surface area (Å²) in [5, 5.41) is 9.12. The summed E-state index contributed by atoms with van der Waals surface area (Å²) in [5.74, 6) is 1.05. The Morgan fingerprint density at radius 3 is 2.44 bits per heavy atom. The number of hydrogen-bond donors (Lipinski definition) is 3. The van der Waals surface area contributed by atoms with Crippen LogP contribution in [0.3, 0.4) is 0 Å². The first-order chi connectivity index (χ1) is 15.4. The fraction of sp³-hybridized carbons (Fsp3) is 0.227. The zero-order valence-electron chi connectivity index (χ0n) is 17.8. The molecule has 3 aromatic rings. The summed E-state index contributed by atoms with van der Waals surface area (Å²) in [5.41, 5.74) is 2.14. The lowest BCUT2D eigenvalue weighted by Gasteiger charge is -2.10. The van der Waals surface area contributed by atoms with Crippen molar-refractivity contribution in [3.8, 4) is 11.5 Å². The molecule has 2 aromatic carbocycles. The molecule has 3 rings (SSSR count). The highest BCUT2D eigenvalue weighted by molar-refractivity contribution is 7.17. The highest BCUT2D eigenvalue weighted by Crippen LogP contribution is 2.27. The molecule has 1 aromatic heterocycles. The van der Waals surface area contributed by atoms with Crippen molar-refractivity contribution < 1.29 is 19.1 Å². The molecular weight excluding hydrogens is 452 g/mol. The molecule has 0 unspecified atom stereocenters. The van der Waals surface area contributed by atoms with Gasteiger partial charge in [0.1, 0.15) is 4.88 Å². The molecule has 0 aliphatic heterocycles. The van der Waals surface area contributed by atoms with Crippen molar-refractivity contribution in [2.75, 3.05) is 31.4 Å². The Morgan fingerprint density at radius 2 is 1.75 bits per heavy atom. The Labute approximate surface area is 194 Å². The number of ether oxygens (including phenoxy) is 2. The number of amides is 3. The van der Waals surface area contributed by atoms with Gasteiger partial charge in [-0.3, -0.25) is 10.1 Å². The van der Waals surface area contributed by atoms with Crippen molar-refractivity contribution in [2.45, 2.75) is 13.3 Å². The van der Waals surface area contributed by atoms with Gasteiger partial charge in [-0.25, -0.2) is 9.78 Å². The average molecular weight is 475 g/mol. The molecule has 10 heteroatoms. The van der Waals surface area contributed by atoms with Gasteiger partial charge in [-0.1, -0.05) is 29.0 Å². The number of rotatable bonds is 8. The Morgan fingerprint density at radius 1 is 1.03 bits per heavy atom. The Balaban J connectivity index is 1.54. The molecule has 0 spiro atoms. The minimum absolute atomic E-state index is 0.244. The largest absolute Gasteiger partial charge is 0.493 e. The minimum Gasteiger partial charge on any atom is -0.493 e. The number of benzene rings is 2. The summed E-state index contributed by atoms with van der Waals surface area (Å²) in [7, 11) is 3.16. The van der Waals surface area contributed by atoms with E-state index in [0.717, 1.165) is 16.9 Å². The molecule has 0 aliphatic rings. The van der Waals surface area contributed by atoms with Crippen LogP contribution in [-0.2, 0) is 6.42 Å². The number of hydrogen-bond acceptors (Lipinski definition) is 6. The van der Waals surface area contributed by atoms with Crippen molar-refractivity contribution in [1.29, 1.82) is 0 Å². The molecule has 1 heterocycles. The van der Waals surface area contributed by atoms with Gasteiger partial charge in [-0.05, 0) is 55.3 Å². The van der Waals surface area contributed by atoms with Crippen LogP contribution in [0.25, 0.3) is 0 Å². The van der Waals surface area contributed by atoms with E-state index in [-0.39, 0.29) is 5.91 Å². The average Bonchev–Trinajstić information content (AvgIpc) is 3.14. The van der Waals surface area contributed by atoms with Crippen LogP contribution < -0.4 is 25.4 Å². The number of halogens is 1. The lowest BCUT2D eigenvalue weighted by Crippen LogP contribution is -2.25. The molecule has 32 heavy (non-hydrogen) atoms. The predicted molar refractivity (Wildman–Crippen MR) is 127 cm³/mol. The van der Waals surface area contributed by atoms with E-state index < -0.39 is 6.03 Å². The highest BCUT2D eigenvalue weighted by Gasteiger charge is 2.16. The maximum atomic E-state index is 12.6. The fourth-order valence-corrected chi connectivity index (χ4v) is 3.89. The Bertz CT molecular complexity index is 1100. The number of thiazole rings is 1. The van der Waals surface area contributed by atoms with E-state index >= 15 is 0 Å². The number of urea groups is 1. The second-order valence-electron chi connectivity index (χ2n) is 6.71. The van der Waals surface area contributed by atoms with Crippen LogP contribution >= 0.6 is 22.9 Å². The molecule has 0 fully saturated rings. The van der Waals surface area contributed by atoms with E-state index in [1.54, 1.807) is 45.4 Å².